The highest BCUT2D eigenvalue weighted by Gasteiger charge is 2.24. The van der Waals surface area contributed by atoms with E-state index in [2.05, 4.69) is 15.2 Å². The molecular weight excluding hydrogens is 367 g/mol. The predicted molar refractivity (Wildman–Crippen MR) is 114 cm³/mol. The first kappa shape index (κ1) is 19.7. The molecule has 2 saturated heterocycles. The molecule has 1 aromatic carbocycles. The molecule has 2 fully saturated rings. The van der Waals surface area contributed by atoms with Crippen LogP contribution in [0, 0.1) is 5.82 Å². The van der Waals surface area contributed by atoms with Crippen molar-refractivity contribution in [3.05, 3.63) is 54.0 Å². The molecule has 1 amide bonds. The van der Waals surface area contributed by atoms with Crippen molar-refractivity contribution in [2.45, 2.75) is 44.6 Å². The molecular formula is C23H29FN4O. The average molecular weight is 397 g/mol. The van der Waals surface area contributed by atoms with Gasteiger partial charge in [-0.15, -0.1) is 0 Å². The van der Waals surface area contributed by atoms with Gasteiger partial charge >= 0.3 is 0 Å². The maximum atomic E-state index is 13.0. The molecule has 1 aromatic heterocycles. The third-order valence-electron chi connectivity index (χ3n) is 5.92. The number of benzene rings is 1. The molecule has 3 heterocycles. The summed E-state index contributed by atoms with van der Waals surface area (Å²) < 4.78 is 13.0. The van der Waals surface area contributed by atoms with Crippen molar-refractivity contribution in [2.24, 2.45) is 0 Å². The summed E-state index contributed by atoms with van der Waals surface area (Å²) in [4.78, 5) is 21.7. The Bertz CT molecular complexity index is 793. The van der Waals surface area contributed by atoms with Crippen molar-refractivity contribution < 1.29 is 9.18 Å². The van der Waals surface area contributed by atoms with Crippen molar-refractivity contribution in [3.63, 3.8) is 0 Å². The molecule has 0 saturated carbocycles. The number of anilines is 2. The minimum Gasteiger partial charge on any atom is -0.382 e. The van der Waals surface area contributed by atoms with Crippen LogP contribution in [0.5, 0.6) is 0 Å². The van der Waals surface area contributed by atoms with Crippen LogP contribution >= 0.6 is 0 Å². The number of amides is 1. The maximum Gasteiger partial charge on any atom is 0.255 e. The fourth-order valence-electron chi connectivity index (χ4n) is 4.19. The summed E-state index contributed by atoms with van der Waals surface area (Å²) in [5.41, 5.74) is 1.58. The fraction of sp³-hybridized carbons (Fsp3) is 0.478. The van der Waals surface area contributed by atoms with Crippen LogP contribution in [0.1, 0.15) is 48.9 Å². The van der Waals surface area contributed by atoms with Gasteiger partial charge in [-0.1, -0.05) is 12.8 Å². The molecule has 0 aliphatic carbocycles. The lowest BCUT2D eigenvalue weighted by Crippen LogP contribution is -2.42. The third kappa shape index (κ3) is 5.05. The molecule has 6 heteroatoms. The van der Waals surface area contributed by atoms with Crippen molar-refractivity contribution in [1.29, 1.82) is 0 Å². The summed E-state index contributed by atoms with van der Waals surface area (Å²) in [6, 6.07) is 10.6. The first-order valence-electron chi connectivity index (χ1n) is 10.7. The van der Waals surface area contributed by atoms with E-state index in [1.807, 2.05) is 17.0 Å². The molecule has 0 spiro atoms. The Hall–Kier alpha value is -2.63. The summed E-state index contributed by atoms with van der Waals surface area (Å²) in [5.74, 6) is 0.803. The second-order valence-electron chi connectivity index (χ2n) is 8.02. The smallest absolute Gasteiger partial charge is 0.255 e. The summed E-state index contributed by atoms with van der Waals surface area (Å²) in [7, 11) is 0. The van der Waals surface area contributed by atoms with E-state index < -0.39 is 0 Å². The Kier molecular flexibility index (Phi) is 6.27. The zero-order valence-corrected chi connectivity index (χ0v) is 16.8. The molecule has 0 atom stereocenters. The highest BCUT2D eigenvalue weighted by atomic mass is 19.1. The minimum atomic E-state index is -0.230. The van der Waals surface area contributed by atoms with E-state index in [0.29, 0.717) is 24.7 Å². The van der Waals surface area contributed by atoms with Gasteiger partial charge in [0.15, 0.2) is 0 Å². The predicted octanol–water partition coefficient (Wildman–Crippen LogP) is 4.32. The van der Waals surface area contributed by atoms with E-state index in [9.17, 15) is 9.18 Å². The van der Waals surface area contributed by atoms with Crippen molar-refractivity contribution in [1.82, 2.24) is 9.88 Å². The first-order valence-corrected chi connectivity index (χ1v) is 10.7. The SMILES string of the molecule is O=C(c1ccc(N2CCCCCC2)nc1)N1CCC(Nc2ccc(F)cc2)CC1. The number of aromatic nitrogens is 1. The van der Waals surface area contributed by atoms with Gasteiger partial charge in [0.1, 0.15) is 11.6 Å². The van der Waals surface area contributed by atoms with Gasteiger partial charge in [-0.05, 0) is 62.1 Å². The Morgan fingerprint density at radius 1 is 0.931 bits per heavy atom. The number of carbonyl (C=O) groups excluding carboxylic acids is 1. The number of rotatable bonds is 4. The molecule has 5 nitrogen and oxygen atoms in total. The van der Waals surface area contributed by atoms with Crippen LogP contribution in [-0.4, -0.2) is 48.0 Å². The molecule has 0 radical (unpaired) electrons. The van der Waals surface area contributed by atoms with Gasteiger partial charge in [0, 0.05) is 44.1 Å². The standard InChI is InChI=1S/C23H29FN4O/c24-19-6-8-20(9-7-19)26-21-11-15-28(16-12-21)23(29)18-5-10-22(25-17-18)27-13-3-1-2-4-14-27/h5-10,17,21,26H,1-4,11-16H2. The van der Waals surface area contributed by atoms with Gasteiger partial charge < -0.3 is 15.1 Å². The van der Waals surface area contributed by atoms with Crippen LogP contribution in [0.15, 0.2) is 42.6 Å². The lowest BCUT2D eigenvalue weighted by molar-refractivity contribution is 0.0718. The van der Waals surface area contributed by atoms with Gasteiger partial charge in [-0.2, -0.15) is 0 Å². The summed E-state index contributed by atoms with van der Waals surface area (Å²) in [5, 5.41) is 3.43. The number of pyridine rings is 1. The van der Waals surface area contributed by atoms with Crippen molar-refractivity contribution >= 4 is 17.4 Å². The quantitative estimate of drug-likeness (QED) is 0.836. The molecule has 1 N–H and O–H groups in total. The third-order valence-corrected chi connectivity index (χ3v) is 5.92. The molecule has 4 rings (SSSR count). The van der Waals surface area contributed by atoms with Gasteiger partial charge in [-0.25, -0.2) is 9.37 Å². The van der Waals surface area contributed by atoms with Gasteiger partial charge in [0.25, 0.3) is 5.91 Å². The summed E-state index contributed by atoms with van der Waals surface area (Å²) in [6.07, 6.45) is 8.49. The first-order chi connectivity index (χ1) is 14.2. The number of hydrogen-bond acceptors (Lipinski definition) is 4. The summed E-state index contributed by atoms with van der Waals surface area (Å²) in [6.45, 7) is 3.53. The van der Waals surface area contributed by atoms with Crippen LogP contribution in [0.4, 0.5) is 15.9 Å². The average Bonchev–Trinajstić information content (AvgIpc) is 3.05. The van der Waals surface area contributed by atoms with Crippen LogP contribution < -0.4 is 10.2 Å². The topological polar surface area (TPSA) is 48.5 Å². The number of nitrogens with zero attached hydrogens (tertiary/aromatic N) is 3. The van der Waals surface area contributed by atoms with Crippen molar-refractivity contribution in [2.75, 3.05) is 36.4 Å². The van der Waals surface area contributed by atoms with E-state index in [1.165, 1.54) is 37.8 Å². The minimum absolute atomic E-state index is 0.0557. The Labute approximate surface area is 171 Å². The van der Waals surface area contributed by atoms with Gasteiger partial charge in [0.2, 0.25) is 0 Å². The lowest BCUT2D eigenvalue weighted by Gasteiger charge is -2.33. The zero-order valence-electron chi connectivity index (χ0n) is 16.8. The number of nitrogens with one attached hydrogen (secondary N) is 1. The number of likely N-dealkylation sites (tertiary alicyclic amines) is 1. The number of halogens is 1. The largest absolute Gasteiger partial charge is 0.382 e. The van der Waals surface area contributed by atoms with E-state index in [-0.39, 0.29) is 11.7 Å². The molecule has 0 unspecified atom stereocenters. The molecule has 0 bridgehead atoms. The molecule has 2 aromatic rings. The van der Waals surface area contributed by atoms with Gasteiger partial charge in [0.05, 0.1) is 5.56 Å². The maximum absolute atomic E-state index is 13.0. The van der Waals surface area contributed by atoms with E-state index >= 15 is 0 Å². The lowest BCUT2D eigenvalue weighted by atomic mass is 10.0. The van der Waals surface area contributed by atoms with Crippen LogP contribution in [0.25, 0.3) is 0 Å². The molecule has 154 valence electrons. The van der Waals surface area contributed by atoms with E-state index in [0.717, 1.165) is 37.4 Å². The second kappa shape index (κ2) is 9.25. The van der Waals surface area contributed by atoms with E-state index in [4.69, 9.17) is 0 Å². The number of hydrogen-bond donors (Lipinski definition) is 1. The second-order valence-corrected chi connectivity index (χ2v) is 8.02. The van der Waals surface area contributed by atoms with Gasteiger partial charge in [-0.3, -0.25) is 4.79 Å². The van der Waals surface area contributed by atoms with E-state index in [1.54, 1.807) is 18.3 Å². The van der Waals surface area contributed by atoms with Crippen LogP contribution in [0.3, 0.4) is 0 Å². The highest BCUT2D eigenvalue weighted by molar-refractivity contribution is 5.94. The van der Waals surface area contributed by atoms with Crippen LogP contribution in [-0.2, 0) is 0 Å². The van der Waals surface area contributed by atoms with Crippen molar-refractivity contribution in [3.8, 4) is 0 Å². The Morgan fingerprint density at radius 2 is 1.62 bits per heavy atom. The molecule has 2 aliphatic rings. The van der Waals surface area contributed by atoms with Crippen LogP contribution in [0.2, 0.25) is 0 Å². The summed E-state index contributed by atoms with van der Waals surface area (Å²) >= 11 is 0. The normalized spacial score (nSPS) is 18.4. The highest BCUT2D eigenvalue weighted by Crippen LogP contribution is 2.21. The zero-order chi connectivity index (χ0) is 20.1. The number of carbonyl (C=O) groups is 1. The molecule has 29 heavy (non-hydrogen) atoms. The number of piperidine rings is 1. The molecule has 2 aliphatic heterocycles. The Balaban J connectivity index is 1.30. The Morgan fingerprint density at radius 3 is 2.24 bits per heavy atom. The fourth-order valence-corrected chi connectivity index (χ4v) is 4.19. The monoisotopic (exact) mass is 396 g/mol.